The van der Waals surface area contributed by atoms with Crippen LogP contribution in [0.4, 0.5) is 0 Å². The Hall–Kier alpha value is -1.58. The summed E-state index contributed by atoms with van der Waals surface area (Å²) in [7, 11) is 0. The fourth-order valence-corrected chi connectivity index (χ4v) is 4.90. The lowest BCUT2D eigenvalue weighted by Crippen LogP contribution is -2.41. The zero-order valence-corrected chi connectivity index (χ0v) is 15.0. The van der Waals surface area contributed by atoms with Gasteiger partial charge in [0.2, 0.25) is 0 Å². The average molecular weight is 332 g/mol. The fraction of sp³-hybridized carbons (Fsp3) is 0.700. The van der Waals surface area contributed by atoms with Crippen LogP contribution in [0.3, 0.4) is 0 Å². The second kappa shape index (κ2) is 6.05. The first kappa shape index (κ1) is 17.2. The predicted molar refractivity (Wildman–Crippen MR) is 91.4 cm³/mol. The summed E-state index contributed by atoms with van der Waals surface area (Å²) >= 11 is 0. The Balaban J connectivity index is 1.91. The van der Waals surface area contributed by atoms with Crippen molar-refractivity contribution in [2.24, 2.45) is 16.7 Å². The van der Waals surface area contributed by atoms with E-state index < -0.39 is 11.4 Å². The number of carbonyl (C=O) groups is 2. The van der Waals surface area contributed by atoms with Crippen molar-refractivity contribution in [2.45, 2.75) is 65.7 Å². The zero-order valence-electron chi connectivity index (χ0n) is 15.0. The number of rotatable bonds is 4. The molecule has 0 aromatic carbocycles. The van der Waals surface area contributed by atoms with Gasteiger partial charge in [-0.1, -0.05) is 25.0 Å². The van der Waals surface area contributed by atoms with E-state index in [1.807, 2.05) is 6.92 Å². The minimum Gasteiger partial charge on any atom is -0.481 e. The molecule has 1 aliphatic heterocycles. The number of hydrogen-bond acceptors (Lipinski definition) is 3. The van der Waals surface area contributed by atoms with E-state index in [1.54, 1.807) is 6.08 Å². The van der Waals surface area contributed by atoms with Gasteiger partial charge in [-0.25, -0.2) is 4.79 Å². The van der Waals surface area contributed by atoms with Crippen LogP contribution < -0.4 is 0 Å². The molecule has 132 valence electrons. The SMILES string of the molecule is C[C@@H]1CCC2=C(CCC[C@@]2(C)C(=O)O)[C@@]1(C)CCC1=CC(=O)OC1. The molecule has 0 spiro atoms. The lowest BCUT2D eigenvalue weighted by atomic mass is 9.55. The van der Waals surface area contributed by atoms with Crippen LogP contribution in [-0.2, 0) is 14.3 Å². The average Bonchev–Trinajstić information content (AvgIpc) is 2.95. The number of carboxylic acid groups (broad SMARTS) is 1. The van der Waals surface area contributed by atoms with Crippen molar-refractivity contribution in [1.82, 2.24) is 0 Å². The Morgan fingerprint density at radius 1 is 1.33 bits per heavy atom. The van der Waals surface area contributed by atoms with Gasteiger partial charge in [0.25, 0.3) is 0 Å². The second-order valence-corrected chi connectivity index (χ2v) is 8.22. The normalized spacial score (nSPS) is 36.2. The highest BCUT2D eigenvalue weighted by atomic mass is 16.5. The van der Waals surface area contributed by atoms with Gasteiger partial charge in [0.05, 0.1) is 5.41 Å². The van der Waals surface area contributed by atoms with Gasteiger partial charge in [0.15, 0.2) is 0 Å². The van der Waals surface area contributed by atoms with E-state index in [0.717, 1.165) is 50.5 Å². The largest absolute Gasteiger partial charge is 0.481 e. The maximum atomic E-state index is 11.9. The van der Waals surface area contributed by atoms with Crippen LogP contribution >= 0.6 is 0 Å². The van der Waals surface area contributed by atoms with Crippen molar-refractivity contribution in [1.29, 1.82) is 0 Å². The van der Waals surface area contributed by atoms with Crippen molar-refractivity contribution < 1.29 is 19.4 Å². The minimum absolute atomic E-state index is 0.0250. The molecular formula is C20H28O4. The van der Waals surface area contributed by atoms with Crippen LogP contribution in [0, 0.1) is 16.7 Å². The van der Waals surface area contributed by atoms with Crippen molar-refractivity contribution in [3.8, 4) is 0 Å². The molecule has 0 saturated heterocycles. The van der Waals surface area contributed by atoms with E-state index >= 15 is 0 Å². The first-order valence-electron chi connectivity index (χ1n) is 9.10. The lowest BCUT2D eigenvalue weighted by molar-refractivity contribution is -0.146. The summed E-state index contributed by atoms with van der Waals surface area (Å²) in [6.07, 6.45) is 8.12. The van der Waals surface area contributed by atoms with Gasteiger partial charge < -0.3 is 9.84 Å². The van der Waals surface area contributed by atoms with Gasteiger partial charge in [0, 0.05) is 6.08 Å². The van der Waals surface area contributed by atoms with Gasteiger partial charge in [-0.3, -0.25) is 4.79 Å². The molecule has 0 amide bonds. The first-order chi connectivity index (χ1) is 11.3. The van der Waals surface area contributed by atoms with Crippen LogP contribution in [0.15, 0.2) is 22.8 Å². The molecule has 0 bridgehead atoms. The molecule has 3 aliphatic rings. The molecule has 0 unspecified atom stereocenters. The molecule has 3 rings (SSSR count). The number of esters is 1. The smallest absolute Gasteiger partial charge is 0.331 e. The Kier molecular flexibility index (Phi) is 4.35. The van der Waals surface area contributed by atoms with Gasteiger partial charge >= 0.3 is 11.9 Å². The van der Waals surface area contributed by atoms with Crippen LogP contribution in [0.1, 0.15) is 65.7 Å². The van der Waals surface area contributed by atoms with Gasteiger partial charge in [0.1, 0.15) is 6.61 Å². The minimum atomic E-state index is -0.694. The van der Waals surface area contributed by atoms with Crippen molar-refractivity contribution in [3.63, 3.8) is 0 Å². The summed E-state index contributed by atoms with van der Waals surface area (Å²) in [5.41, 5.74) is 2.98. The molecule has 0 radical (unpaired) electrons. The number of hydrogen-bond donors (Lipinski definition) is 1. The molecule has 0 aromatic rings. The number of carbonyl (C=O) groups excluding carboxylic acids is 1. The van der Waals surface area contributed by atoms with E-state index in [2.05, 4.69) is 13.8 Å². The molecule has 1 heterocycles. The first-order valence-corrected chi connectivity index (χ1v) is 9.10. The Morgan fingerprint density at radius 3 is 2.71 bits per heavy atom. The predicted octanol–water partition coefficient (Wildman–Crippen LogP) is 4.26. The highest BCUT2D eigenvalue weighted by Gasteiger charge is 2.48. The summed E-state index contributed by atoms with van der Waals surface area (Å²) in [4.78, 5) is 23.2. The van der Waals surface area contributed by atoms with E-state index in [0.29, 0.717) is 12.5 Å². The van der Waals surface area contributed by atoms with Gasteiger partial charge in [-0.05, 0) is 68.8 Å². The number of aliphatic carboxylic acids is 1. The molecule has 24 heavy (non-hydrogen) atoms. The number of carboxylic acids is 1. The Bertz CT molecular complexity index is 630. The zero-order chi connectivity index (χ0) is 17.5. The Morgan fingerprint density at radius 2 is 2.08 bits per heavy atom. The molecule has 0 aromatic heterocycles. The van der Waals surface area contributed by atoms with Crippen molar-refractivity contribution in [2.75, 3.05) is 6.61 Å². The molecule has 0 fully saturated rings. The quantitative estimate of drug-likeness (QED) is 0.617. The van der Waals surface area contributed by atoms with Gasteiger partial charge in [-0.2, -0.15) is 0 Å². The van der Waals surface area contributed by atoms with E-state index in [4.69, 9.17) is 4.74 Å². The van der Waals surface area contributed by atoms with Crippen LogP contribution in [-0.4, -0.2) is 23.7 Å². The molecule has 0 saturated carbocycles. The highest BCUT2D eigenvalue weighted by Crippen LogP contribution is 2.57. The number of allylic oxidation sites excluding steroid dienone is 1. The molecule has 2 aliphatic carbocycles. The highest BCUT2D eigenvalue weighted by molar-refractivity contribution is 5.85. The van der Waals surface area contributed by atoms with Crippen LogP contribution in [0.25, 0.3) is 0 Å². The summed E-state index contributed by atoms with van der Waals surface area (Å²) in [6, 6.07) is 0. The molecule has 3 atom stereocenters. The van der Waals surface area contributed by atoms with Crippen molar-refractivity contribution >= 4 is 11.9 Å². The monoisotopic (exact) mass is 332 g/mol. The second-order valence-electron chi connectivity index (χ2n) is 8.22. The molecule has 4 nitrogen and oxygen atoms in total. The topological polar surface area (TPSA) is 63.6 Å². The van der Waals surface area contributed by atoms with Crippen molar-refractivity contribution in [3.05, 3.63) is 22.8 Å². The third kappa shape index (κ3) is 2.70. The van der Waals surface area contributed by atoms with E-state index in [-0.39, 0.29) is 11.4 Å². The summed E-state index contributed by atoms with van der Waals surface area (Å²) < 4.78 is 5.02. The summed E-state index contributed by atoms with van der Waals surface area (Å²) in [5, 5.41) is 9.81. The summed E-state index contributed by atoms with van der Waals surface area (Å²) in [5.74, 6) is -0.377. The molecular weight excluding hydrogens is 304 g/mol. The maximum absolute atomic E-state index is 11.9. The third-order valence-corrected chi connectivity index (χ3v) is 6.90. The standard InChI is InChI=1S/C20H28O4/c1-13-6-7-16-15(5-4-9-20(16,3)18(22)23)19(13,2)10-8-14-11-17(21)24-12-14/h11,13H,4-10,12H2,1-3H3,(H,22,23)/t13-,19+,20-/m1/s1. The fourth-order valence-electron chi connectivity index (χ4n) is 4.90. The van der Waals surface area contributed by atoms with E-state index in [1.165, 1.54) is 11.1 Å². The molecule has 4 heteroatoms. The third-order valence-electron chi connectivity index (χ3n) is 6.90. The summed E-state index contributed by atoms with van der Waals surface area (Å²) in [6.45, 7) is 6.92. The van der Waals surface area contributed by atoms with Gasteiger partial charge in [-0.15, -0.1) is 0 Å². The lowest BCUT2D eigenvalue weighted by Gasteiger charge is -2.49. The molecule has 1 N–H and O–H groups in total. The number of cyclic esters (lactones) is 1. The van der Waals surface area contributed by atoms with Crippen LogP contribution in [0.2, 0.25) is 0 Å². The maximum Gasteiger partial charge on any atom is 0.331 e. The van der Waals surface area contributed by atoms with E-state index in [9.17, 15) is 14.7 Å². The number of ether oxygens (including phenoxy) is 1. The van der Waals surface area contributed by atoms with Crippen LogP contribution in [0.5, 0.6) is 0 Å². The Labute approximate surface area is 144 Å².